The van der Waals surface area contributed by atoms with Crippen LogP contribution in [0.5, 0.6) is 0 Å². The van der Waals surface area contributed by atoms with Crippen molar-refractivity contribution >= 4 is 28.9 Å². The molecule has 2 rings (SSSR count). The van der Waals surface area contributed by atoms with Crippen LogP contribution in [0.4, 0.5) is 11.4 Å². The van der Waals surface area contributed by atoms with E-state index in [9.17, 15) is 14.9 Å². The second-order valence-electron chi connectivity index (χ2n) is 4.54. The van der Waals surface area contributed by atoms with Crippen LogP contribution >= 0.6 is 11.6 Å². The van der Waals surface area contributed by atoms with Crippen LogP contribution in [0.2, 0.25) is 5.02 Å². The average molecular weight is 309 g/mol. The zero-order valence-corrected chi connectivity index (χ0v) is 12.4. The van der Waals surface area contributed by atoms with E-state index >= 15 is 0 Å². The Labute approximate surface area is 125 Å². The first kappa shape index (κ1) is 15.0. The smallest absolute Gasteiger partial charge is 0.294 e. The van der Waals surface area contributed by atoms with Gasteiger partial charge in [-0.05, 0) is 26.0 Å². The third-order valence-electron chi connectivity index (χ3n) is 3.14. The number of aryl methyl sites for hydroxylation is 2. The highest BCUT2D eigenvalue weighted by molar-refractivity contribution is 6.31. The summed E-state index contributed by atoms with van der Waals surface area (Å²) in [6.45, 7) is 3.46. The van der Waals surface area contributed by atoms with Gasteiger partial charge in [-0.25, -0.2) is 0 Å². The fraction of sp³-hybridized carbons (Fsp3) is 0.231. The first-order chi connectivity index (χ1) is 9.81. The maximum absolute atomic E-state index is 12.3. The molecule has 0 fully saturated rings. The minimum absolute atomic E-state index is 0.0945. The van der Waals surface area contributed by atoms with E-state index in [-0.39, 0.29) is 16.4 Å². The van der Waals surface area contributed by atoms with Crippen LogP contribution in [-0.2, 0) is 7.05 Å². The summed E-state index contributed by atoms with van der Waals surface area (Å²) in [7, 11) is 1.73. The van der Waals surface area contributed by atoms with Gasteiger partial charge in [-0.1, -0.05) is 11.6 Å². The quantitative estimate of drug-likeness (QED) is 0.697. The number of anilines is 1. The Hall–Kier alpha value is -2.41. The Morgan fingerprint density at radius 3 is 2.62 bits per heavy atom. The van der Waals surface area contributed by atoms with Gasteiger partial charge in [0.15, 0.2) is 0 Å². The van der Waals surface area contributed by atoms with E-state index in [0.29, 0.717) is 17.0 Å². The van der Waals surface area contributed by atoms with Crippen molar-refractivity contribution in [1.82, 2.24) is 9.78 Å². The van der Waals surface area contributed by atoms with Crippen molar-refractivity contribution in [3.8, 4) is 0 Å². The lowest BCUT2D eigenvalue weighted by atomic mass is 10.1. The Morgan fingerprint density at radius 2 is 2.10 bits per heavy atom. The first-order valence-corrected chi connectivity index (χ1v) is 6.44. The summed E-state index contributed by atoms with van der Waals surface area (Å²) in [5.74, 6) is -0.441. The van der Waals surface area contributed by atoms with Crippen LogP contribution in [0.1, 0.15) is 21.7 Å². The van der Waals surface area contributed by atoms with Gasteiger partial charge in [0.25, 0.3) is 11.6 Å². The molecular formula is C13H13ClN4O3. The molecule has 0 unspecified atom stereocenters. The third-order valence-corrected chi connectivity index (χ3v) is 3.38. The molecule has 1 aromatic carbocycles. The Balaban J connectivity index is 2.38. The van der Waals surface area contributed by atoms with Crippen molar-refractivity contribution in [2.45, 2.75) is 13.8 Å². The van der Waals surface area contributed by atoms with E-state index in [1.807, 2.05) is 0 Å². The van der Waals surface area contributed by atoms with E-state index in [0.717, 1.165) is 0 Å². The number of aromatic nitrogens is 2. The predicted molar refractivity (Wildman–Crippen MR) is 78.7 cm³/mol. The first-order valence-electron chi connectivity index (χ1n) is 6.06. The number of nitro benzene ring substituents is 1. The number of amides is 1. The number of hydrogen-bond donors (Lipinski definition) is 1. The molecule has 0 saturated carbocycles. The molecule has 1 amide bonds. The van der Waals surface area contributed by atoms with E-state index in [1.54, 1.807) is 25.6 Å². The van der Waals surface area contributed by atoms with Crippen molar-refractivity contribution < 1.29 is 9.72 Å². The van der Waals surface area contributed by atoms with Gasteiger partial charge < -0.3 is 5.32 Å². The predicted octanol–water partition coefficient (Wildman–Crippen LogP) is 2.85. The molecule has 110 valence electrons. The molecule has 0 aliphatic carbocycles. The van der Waals surface area contributed by atoms with Crippen LogP contribution < -0.4 is 5.32 Å². The fourth-order valence-corrected chi connectivity index (χ4v) is 2.21. The summed E-state index contributed by atoms with van der Waals surface area (Å²) in [5, 5.41) is 17.9. The zero-order chi connectivity index (χ0) is 15.7. The summed E-state index contributed by atoms with van der Waals surface area (Å²) >= 11 is 5.74. The molecule has 2 aromatic rings. The zero-order valence-electron chi connectivity index (χ0n) is 11.7. The lowest BCUT2D eigenvalue weighted by Gasteiger charge is -2.06. The highest BCUT2D eigenvalue weighted by Gasteiger charge is 2.21. The molecule has 0 saturated heterocycles. The van der Waals surface area contributed by atoms with Gasteiger partial charge in [0.1, 0.15) is 5.69 Å². The van der Waals surface area contributed by atoms with E-state index < -0.39 is 10.8 Å². The molecule has 0 aliphatic heterocycles. The molecule has 0 radical (unpaired) electrons. The Kier molecular flexibility index (Phi) is 3.95. The van der Waals surface area contributed by atoms with Crippen LogP contribution in [-0.4, -0.2) is 20.6 Å². The summed E-state index contributed by atoms with van der Waals surface area (Å²) < 4.78 is 1.58. The van der Waals surface area contributed by atoms with Gasteiger partial charge in [0, 0.05) is 23.8 Å². The average Bonchev–Trinajstić information content (AvgIpc) is 2.65. The molecular weight excluding hydrogens is 296 g/mol. The van der Waals surface area contributed by atoms with Crippen LogP contribution in [0.3, 0.4) is 0 Å². The SMILES string of the molecule is Cc1nn(C)c(C)c1C(=O)Nc1ccc(Cl)cc1[N+](=O)[O-]. The van der Waals surface area contributed by atoms with Gasteiger partial charge in [-0.15, -0.1) is 0 Å². The Morgan fingerprint density at radius 1 is 1.43 bits per heavy atom. The lowest BCUT2D eigenvalue weighted by molar-refractivity contribution is -0.383. The molecule has 0 bridgehead atoms. The number of nitrogens with zero attached hydrogens (tertiary/aromatic N) is 3. The molecule has 0 spiro atoms. The fourth-order valence-electron chi connectivity index (χ4n) is 2.05. The van der Waals surface area contributed by atoms with Crippen LogP contribution in [0.15, 0.2) is 18.2 Å². The van der Waals surface area contributed by atoms with Gasteiger partial charge in [-0.3, -0.25) is 19.6 Å². The monoisotopic (exact) mass is 308 g/mol. The highest BCUT2D eigenvalue weighted by Crippen LogP contribution is 2.28. The van der Waals surface area contributed by atoms with Crippen molar-refractivity contribution in [2.24, 2.45) is 7.05 Å². The van der Waals surface area contributed by atoms with Crippen molar-refractivity contribution in [3.63, 3.8) is 0 Å². The topological polar surface area (TPSA) is 90.1 Å². The second-order valence-corrected chi connectivity index (χ2v) is 4.98. The van der Waals surface area contributed by atoms with Crippen LogP contribution in [0, 0.1) is 24.0 Å². The van der Waals surface area contributed by atoms with Crippen molar-refractivity contribution in [1.29, 1.82) is 0 Å². The molecule has 1 aromatic heterocycles. The normalized spacial score (nSPS) is 10.5. The van der Waals surface area contributed by atoms with Gasteiger partial charge in [0.05, 0.1) is 16.2 Å². The third kappa shape index (κ3) is 2.87. The van der Waals surface area contributed by atoms with E-state index in [1.165, 1.54) is 18.2 Å². The molecule has 8 heteroatoms. The maximum atomic E-state index is 12.3. The summed E-state index contributed by atoms with van der Waals surface area (Å²) in [6.07, 6.45) is 0. The number of halogens is 1. The summed E-state index contributed by atoms with van der Waals surface area (Å²) in [5.41, 5.74) is 1.49. The number of nitrogens with one attached hydrogen (secondary N) is 1. The summed E-state index contributed by atoms with van der Waals surface area (Å²) in [6, 6.07) is 4.08. The van der Waals surface area contributed by atoms with E-state index in [2.05, 4.69) is 10.4 Å². The highest BCUT2D eigenvalue weighted by atomic mass is 35.5. The number of benzene rings is 1. The second kappa shape index (κ2) is 5.53. The van der Waals surface area contributed by atoms with Crippen molar-refractivity contribution in [3.05, 3.63) is 50.3 Å². The number of carbonyl (C=O) groups excluding carboxylic acids is 1. The van der Waals surface area contributed by atoms with E-state index in [4.69, 9.17) is 11.6 Å². The molecule has 21 heavy (non-hydrogen) atoms. The summed E-state index contributed by atoms with van der Waals surface area (Å²) in [4.78, 5) is 22.7. The number of nitro groups is 1. The van der Waals surface area contributed by atoms with Gasteiger partial charge in [-0.2, -0.15) is 5.10 Å². The van der Waals surface area contributed by atoms with Crippen LogP contribution in [0.25, 0.3) is 0 Å². The molecule has 7 nitrogen and oxygen atoms in total. The van der Waals surface area contributed by atoms with Gasteiger partial charge >= 0.3 is 0 Å². The van der Waals surface area contributed by atoms with Gasteiger partial charge in [0.2, 0.25) is 0 Å². The number of hydrogen-bond acceptors (Lipinski definition) is 4. The largest absolute Gasteiger partial charge is 0.316 e. The van der Waals surface area contributed by atoms with Crippen molar-refractivity contribution in [2.75, 3.05) is 5.32 Å². The molecule has 0 aliphatic rings. The Bertz CT molecular complexity index is 739. The molecule has 1 N–H and O–H groups in total. The minimum atomic E-state index is -0.593. The lowest BCUT2D eigenvalue weighted by Crippen LogP contribution is -2.15. The minimum Gasteiger partial charge on any atom is -0.316 e. The molecule has 0 atom stereocenters. The molecule has 1 heterocycles. The number of rotatable bonds is 3. The standard InChI is InChI=1S/C13H13ClN4O3/c1-7-12(8(2)17(3)16-7)13(19)15-10-5-4-9(14)6-11(10)18(20)21/h4-6H,1-3H3,(H,15,19). The maximum Gasteiger partial charge on any atom is 0.294 e. The number of carbonyl (C=O) groups is 1.